The van der Waals surface area contributed by atoms with Crippen molar-refractivity contribution in [3.8, 4) is 0 Å². The number of β-amino-alcohol motifs (C(OH)–C–C–N with tert-alkyl or cyclic N) is 1. The number of rotatable bonds is 1. The fourth-order valence-corrected chi connectivity index (χ4v) is 1.75. The molecule has 0 saturated carbocycles. The van der Waals surface area contributed by atoms with Gasteiger partial charge in [0.05, 0.1) is 0 Å². The number of hydrogen-bond acceptors (Lipinski definition) is 2. The lowest BCUT2D eigenvalue weighted by Gasteiger charge is -2.21. The quantitative estimate of drug-likeness (QED) is 0.747. The van der Waals surface area contributed by atoms with Crippen LogP contribution in [-0.2, 0) is 5.60 Å². The molecule has 0 spiro atoms. The lowest BCUT2D eigenvalue weighted by Crippen LogP contribution is -2.28. The number of hydrogen-bond donors (Lipinski definition) is 2. The van der Waals surface area contributed by atoms with Gasteiger partial charge >= 0.3 is 0 Å². The molecule has 16 heavy (non-hydrogen) atoms. The maximum atomic E-state index is 12.9. The fourth-order valence-electron chi connectivity index (χ4n) is 1.75. The van der Waals surface area contributed by atoms with Crippen molar-refractivity contribution in [3.63, 3.8) is 0 Å². The number of aliphatic hydroxyl groups is 1. The van der Waals surface area contributed by atoms with Crippen LogP contribution in [0, 0.1) is 17.5 Å². The molecule has 1 unspecified atom stereocenters. The van der Waals surface area contributed by atoms with Crippen molar-refractivity contribution in [1.82, 2.24) is 5.32 Å². The van der Waals surface area contributed by atoms with E-state index in [1.807, 2.05) is 0 Å². The van der Waals surface area contributed by atoms with Gasteiger partial charge in [-0.15, -0.1) is 12.4 Å². The molecule has 1 aromatic rings. The minimum atomic E-state index is -1.51. The van der Waals surface area contributed by atoms with Crippen molar-refractivity contribution in [1.29, 1.82) is 0 Å². The molecule has 1 heterocycles. The molecule has 2 N–H and O–H groups in total. The lowest BCUT2D eigenvalue weighted by molar-refractivity contribution is 0.0578. The molecule has 1 aliphatic rings. The van der Waals surface area contributed by atoms with E-state index in [1.165, 1.54) is 0 Å². The molecule has 0 aliphatic carbocycles. The monoisotopic (exact) mass is 253 g/mol. The van der Waals surface area contributed by atoms with Gasteiger partial charge in [-0.25, -0.2) is 13.2 Å². The van der Waals surface area contributed by atoms with Crippen molar-refractivity contribution in [2.24, 2.45) is 0 Å². The lowest BCUT2D eigenvalue weighted by atomic mass is 9.93. The van der Waals surface area contributed by atoms with Crippen molar-refractivity contribution < 1.29 is 18.3 Å². The first kappa shape index (κ1) is 13.3. The molecule has 1 atom stereocenters. The zero-order valence-electron chi connectivity index (χ0n) is 8.27. The van der Waals surface area contributed by atoms with Gasteiger partial charge in [0.1, 0.15) is 5.60 Å². The number of nitrogens with one attached hydrogen (secondary N) is 1. The Bertz CT molecular complexity index is 371. The van der Waals surface area contributed by atoms with Crippen molar-refractivity contribution in [2.75, 3.05) is 13.1 Å². The maximum Gasteiger partial charge on any atom is 0.194 e. The van der Waals surface area contributed by atoms with Crippen LogP contribution in [0.25, 0.3) is 0 Å². The van der Waals surface area contributed by atoms with Crippen LogP contribution in [0.2, 0.25) is 0 Å². The van der Waals surface area contributed by atoms with Crippen LogP contribution in [0.1, 0.15) is 12.0 Å². The Hall–Kier alpha value is -0.780. The summed E-state index contributed by atoms with van der Waals surface area (Å²) in [5.74, 6) is -4.05. The summed E-state index contributed by atoms with van der Waals surface area (Å²) in [5.41, 5.74) is -1.22. The Morgan fingerprint density at radius 2 is 1.75 bits per heavy atom. The highest BCUT2D eigenvalue weighted by Gasteiger charge is 2.34. The van der Waals surface area contributed by atoms with E-state index in [1.54, 1.807) is 0 Å². The molecule has 1 aromatic carbocycles. The Labute approximate surface area is 96.9 Å². The topological polar surface area (TPSA) is 32.3 Å². The maximum absolute atomic E-state index is 12.9. The third-order valence-corrected chi connectivity index (χ3v) is 2.65. The molecule has 0 aromatic heterocycles. The summed E-state index contributed by atoms with van der Waals surface area (Å²) in [6.07, 6.45) is 0.359. The van der Waals surface area contributed by atoms with E-state index in [0.717, 1.165) is 12.1 Å². The highest BCUT2D eigenvalue weighted by atomic mass is 35.5. The molecule has 1 saturated heterocycles. The molecule has 0 bridgehead atoms. The van der Waals surface area contributed by atoms with Crippen LogP contribution in [0.4, 0.5) is 13.2 Å². The van der Waals surface area contributed by atoms with Crippen LogP contribution >= 0.6 is 12.4 Å². The van der Waals surface area contributed by atoms with Crippen LogP contribution in [0.3, 0.4) is 0 Å². The normalized spacial score (nSPS) is 24.2. The third-order valence-electron chi connectivity index (χ3n) is 2.65. The second-order valence-electron chi connectivity index (χ2n) is 3.71. The number of halogens is 4. The first-order chi connectivity index (χ1) is 7.03. The van der Waals surface area contributed by atoms with Gasteiger partial charge in [0.2, 0.25) is 0 Å². The van der Waals surface area contributed by atoms with E-state index in [4.69, 9.17) is 0 Å². The Morgan fingerprint density at radius 3 is 2.19 bits per heavy atom. The van der Waals surface area contributed by atoms with Crippen LogP contribution in [0.5, 0.6) is 0 Å². The predicted octanol–water partition coefficient (Wildman–Crippen LogP) is 1.71. The molecular weight excluding hydrogens is 243 g/mol. The van der Waals surface area contributed by atoms with Crippen LogP contribution in [-0.4, -0.2) is 18.2 Å². The average molecular weight is 254 g/mol. The van der Waals surface area contributed by atoms with Gasteiger partial charge in [-0.3, -0.25) is 0 Å². The second kappa shape index (κ2) is 4.61. The second-order valence-corrected chi connectivity index (χ2v) is 3.71. The van der Waals surface area contributed by atoms with Gasteiger partial charge in [0.25, 0.3) is 0 Å². The highest BCUT2D eigenvalue weighted by molar-refractivity contribution is 5.85. The Balaban J connectivity index is 0.00000128. The summed E-state index contributed by atoms with van der Waals surface area (Å²) in [7, 11) is 0. The standard InChI is InChI=1S/C10H10F3NO.ClH/c11-7-3-6(4-8(12)9(7)13)10(15)1-2-14-5-10;/h3-4,14-15H,1-2,5H2;1H. The summed E-state index contributed by atoms with van der Waals surface area (Å²) in [5, 5.41) is 12.9. The average Bonchev–Trinajstić information content (AvgIpc) is 2.62. The molecule has 0 amide bonds. The van der Waals surface area contributed by atoms with E-state index in [-0.39, 0.29) is 24.5 Å². The molecule has 6 heteroatoms. The van der Waals surface area contributed by atoms with Crippen molar-refractivity contribution >= 4 is 12.4 Å². The van der Waals surface area contributed by atoms with Gasteiger partial charge in [0, 0.05) is 6.54 Å². The highest BCUT2D eigenvalue weighted by Crippen LogP contribution is 2.29. The Kier molecular flexibility index (Phi) is 3.83. The number of benzene rings is 1. The minimum absolute atomic E-state index is 0. The molecule has 1 fully saturated rings. The summed E-state index contributed by atoms with van der Waals surface area (Å²) in [4.78, 5) is 0. The van der Waals surface area contributed by atoms with E-state index >= 15 is 0 Å². The van der Waals surface area contributed by atoms with Gasteiger partial charge in [-0.2, -0.15) is 0 Å². The molecule has 2 nitrogen and oxygen atoms in total. The van der Waals surface area contributed by atoms with E-state index in [0.29, 0.717) is 13.0 Å². The van der Waals surface area contributed by atoms with Gasteiger partial charge < -0.3 is 10.4 Å². The third kappa shape index (κ3) is 2.16. The molecule has 2 rings (SSSR count). The summed E-state index contributed by atoms with van der Waals surface area (Å²) < 4.78 is 38.5. The fraction of sp³-hybridized carbons (Fsp3) is 0.400. The van der Waals surface area contributed by atoms with E-state index in [9.17, 15) is 18.3 Å². The molecule has 0 radical (unpaired) electrons. The van der Waals surface area contributed by atoms with Gasteiger partial charge in [-0.05, 0) is 30.7 Å². The summed E-state index contributed by atoms with van der Waals surface area (Å²) >= 11 is 0. The van der Waals surface area contributed by atoms with Crippen LogP contribution in [0.15, 0.2) is 12.1 Å². The largest absolute Gasteiger partial charge is 0.384 e. The Morgan fingerprint density at radius 1 is 1.19 bits per heavy atom. The van der Waals surface area contributed by atoms with Gasteiger partial charge in [-0.1, -0.05) is 0 Å². The first-order valence-corrected chi connectivity index (χ1v) is 4.61. The molecule has 90 valence electrons. The zero-order chi connectivity index (χ0) is 11.1. The summed E-state index contributed by atoms with van der Waals surface area (Å²) in [6, 6.07) is 1.68. The van der Waals surface area contributed by atoms with E-state index in [2.05, 4.69) is 5.32 Å². The van der Waals surface area contributed by atoms with Crippen molar-refractivity contribution in [3.05, 3.63) is 35.1 Å². The van der Waals surface area contributed by atoms with Crippen molar-refractivity contribution in [2.45, 2.75) is 12.0 Å². The van der Waals surface area contributed by atoms with Crippen LogP contribution < -0.4 is 5.32 Å². The smallest absolute Gasteiger partial charge is 0.194 e. The zero-order valence-corrected chi connectivity index (χ0v) is 9.08. The van der Waals surface area contributed by atoms with Gasteiger partial charge in [0.15, 0.2) is 17.5 Å². The molecular formula is C10H11ClF3NO. The summed E-state index contributed by atoms with van der Waals surface area (Å²) in [6.45, 7) is 0.786. The van der Waals surface area contributed by atoms with E-state index < -0.39 is 23.1 Å². The predicted molar refractivity (Wildman–Crippen MR) is 54.9 cm³/mol. The molecule has 1 aliphatic heterocycles. The first-order valence-electron chi connectivity index (χ1n) is 4.61. The SMILES string of the molecule is Cl.OC1(c2cc(F)c(F)c(F)c2)CCNC1. The minimum Gasteiger partial charge on any atom is -0.384 e.